The second kappa shape index (κ2) is 9.88. The summed E-state index contributed by atoms with van der Waals surface area (Å²) < 4.78 is 72.1. The average molecular weight is 472 g/mol. The number of carbonyl (C=O) groups excluding carboxylic acids is 1. The molecule has 2 aromatic rings. The van der Waals surface area contributed by atoms with Gasteiger partial charge in [-0.1, -0.05) is 42.5 Å². The van der Waals surface area contributed by atoms with Crippen molar-refractivity contribution in [3.8, 4) is 5.75 Å². The molecule has 1 saturated heterocycles. The van der Waals surface area contributed by atoms with E-state index in [-0.39, 0.29) is 38.1 Å². The van der Waals surface area contributed by atoms with E-state index in [1.165, 1.54) is 22.5 Å². The van der Waals surface area contributed by atoms with E-state index in [0.29, 0.717) is 10.6 Å². The summed E-state index contributed by atoms with van der Waals surface area (Å²) in [4.78, 5) is 11.1. The van der Waals surface area contributed by atoms with E-state index in [4.69, 9.17) is 4.74 Å². The van der Waals surface area contributed by atoms with Crippen LogP contribution in [0.1, 0.15) is 30.0 Å². The Kier molecular flexibility index (Phi) is 7.42. The molecular weight excluding hydrogens is 449 g/mol. The zero-order valence-corrected chi connectivity index (χ0v) is 17.8. The van der Waals surface area contributed by atoms with Gasteiger partial charge in [0.25, 0.3) is 0 Å². The fraction of sp³-hybridized carbons (Fsp3) is 0.381. The Hall–Kier alpha value is -2.63. The van der Waals surface area contributed by atoms with E-state index in [9.17, 15) is 31.6 Å². The van der Waals surface area contributed by atoms with E-state index in [1.54, 1.807) is 30.3 Å². The van der Waals surface area contributed by atoms with E-state index in [0.717, 1.165) is 6.07 Å². The Labute approximate surface area is 184 Å². The maximum atomic E-state index is 13.2. The number of para-hydroxylation sites is 1. The topological polar surface area (TPSA) is 87.2 Å². The summed E-state index contributed by atoms with van der Waals surface area (Å²) >= 11 is 0. The van der Waals surface area contributed by atoms with Crippen LogP contribution in [0, 0.1) is 0 Å². The fourth-order valence-corrected chi connectivity index (χ4v) is 5.31. The van der Waals surface area contributed by atoms with Crippen LogP contribution in [-0.2, 0) is 21.0 Å². The van der Waals surface area contributed by atoms with Crippen molar-refractivity contribution >= 4 is 16.4 Å². The smallest absolute Gasteiger partial charge is 0.419 e. The molecule has 1 heterocycles. The van der Waals surface area contributed by atoms with Gasteiger partial charge in [0.15, 0.2) is 0 Å². The lowest BCUT2D eigenvalue weighted by molar-refractivity contribution is -0.159. The third-order valence-corrected chi connectivity index (χ3v) is 7.15. The first-order valence-electron chi connectivity index (χ1n) is 9.90. The van der Waals surface area contributed by atoms with Crippen LogP contribution < -0.4 is 4.74 Å². The number of sulfonamides is 1. The molecular formula is C21H23F3N2O5S. The SMILES string of the molecule is O=CN(O)C(CS(=O)(=O)N1CCC(Oc2ccccc2C(F)(F)F)CC1)c1ccccc1. The molecule has 0 spiro atoms. The molecule has 3 rings (SSSR count). The zero-order valence-electron chi connectivity index (χ0n) is 17.0. The quantitative estimate of drug-likeness (QED) is 0.361. The summed E-state index contributed by atoms with van der Waals surface area (Å²) in [5.41, 5.74) is -0.426. The maximum Gasteiger partial charge on any atom is 0.419 e. The van der Waals surface area contributed by atoms with E-state index in [1.807, 2.05) is 0 Å². The van der Waals surface area contributed by atoms with Crippen LogP contribution in [0.4, 0.5) is 13.2 Å². The van der Waals surface area contributed by atoms with Gasteiger partial charge in [-0.25, -0.2) is 17.8 Å². The largest absolute Gasteiger partial charge is 0.490 e. The van der Waals surface area contributed by atoms with Gasteiger partial charge in [0.1, 0.15) is 11.9 Å². The molecule has 0 aliphatic carbocycles. The summed E-state index contributed by atoms with van der Waals surface area (Å²) in [6.45, 7) is 0.102. The highest BCUT2D eigenvalue weighted by Crippen LogP contribution is 2.37. The lowest BCUT2D eigenvalue weighted by Crippen LogP contribution is -2.44. The second-order valence-corrected chi connectivity index (χ2v) is 9.41. The van der Waals surface area contributed by atoms with Crippen LogP contribution in [0.15, 0.2) is 54.6 Å². The van der Waals surface area contributed by atoms with Gasteiger partial charge in [-0.3, -0.25) is 10.0 Å². The van der Waals surface area contributed by atoms with Crippen molar-refractivity contribution in [3.63, 3.8) is 0 Å². The Morgan fingerprint density at radius 3 is 2.28 bits per heavy atom. The summed E-state index contributed by atoms with van der Waals surface area (Å²) in [5, 5.41) is 10.2. The summed E-state index contributed by atoms with van der Waals surface area (Å²) in [6, 6.07) is 12.1. The Morgan fingerprint density at radius 2 is 1.69 bits per heavy atom. The van der Waals surface area contributed by atoms with Gasteiger partial charge in [0, 0.05) is 13.1 Å². The normalized spacial score (nSPS) is 17.0. The molecule has 1 fully saturated rings. The van der Waals surface area contributed by atoms with Crippen LogP contribution in [0.25, 0.3) is 0 Å². The molecule has 174 valence electrons. The Bertz CT molecular complexity index is 1010. The van der Waals surface area contributed by atoms with Gasteiger partial charge in [-0.15, -0.1) is 0 Å². The molecule has 7 nitrogen and oxygen atoms in total. The number of alkyl halides is 3. The third-order valence-electron chi connectivity index (χ3n) is 5.26. The first-order valence-corrected chi connectivity index (χ1v) is 11.5. The number of nitrogens with zero attached hydrogens (tertiary/aromatic N) is 2. The van der Waals surface area contributed by atoms with Crippen molar-refractivity contribution < 1.29 is 36.3 Å². The van der Waals surface area contributed by atoms with E-state index >= 15 is 0 Å². The van der Waals surface area contributed by atoms with Crippen molar-refractivity contribution in [1.29, 1.82) is 0 Å². The molecule has 0 saturated carbocycles. The van der Waals surface area contributed by atoms with Crippen molar-refractivity contribution in [2.45, 2.75) is 31.2 Å². The standard InChI is InChI=1S/C21H23F3N2O5S/c22-21(23,24)18-8-4-5-9-20(18)31-17-10-12-25(13-11-17)32(29,30)14-19(26(28)15-27)16-6-2-1-3-7-16/h1-9,15,17,19,28H,10-14H2. The highest BCUT2D eigenvalue weighted by molar-refractivity contribution is 7.89. The maximum absolute atomic E-state index is 13.2. The molecule has 0 bridgehead atoms. The highest BCUT2D eigenvalue weighted by atomic mass is 32.2. The molecule has 1 aliphatic heterocycles. The number of halogens is 3. The minimum atomic E-state index is -4.55. The number of carbonyl (C=O) groups is 1. The predicted molar refractivity (Wildman–Crippen MR) is 109 cm³/mol. The van der Waals surface area contributed by atoms with Gasteiger partial charge in [0.2, 0.25) is 16.4 Å². The van der Waals surface area contributed by atoms with Gasteiger partial charge >= 0.3 is 6.18 Å². The zero-order chi connectivity index (χ0) is 23.4. The molecule has 11 heteroatoms. The minimum Gasteiger partial charge on any atom is -0.490 e. The summed E-state index contributed by atoms with van der Waals surface area (Å²) in [5.74, 6) is -0.818. The molecule has 0 radical (unpaired) electrons. The van der Waals surface area contributed by atoms with E-state index < -0.39 is 39.7 Å². The molecule has 0 aromatic heterocycles. The number of ether oxygens (including phenoxy) is 1. The predicted octanol–water partition coefficient (Wildman–Crippen LogP) is 3.47. The highest BCUT2D eigenvalue weighted by Gasteiger charge is 2.36. The van der Waals surface area contributed by atoms with Crippen molar-refractivity contribution in [3.05, 3.63) is 65.7 Å². The molecule has 2 aromatic carbocycles. The van der Waals surface area contributed by atoms with Crippen molar-refractivity contribution in [1.82, 2.24) is 9.37 Å². The lowest BCUT2D eigenvalue weighted by Gasteiger charge is -2.33. The van der Waals surface area contributed by atoms with Gasteiger partial charge in [-0.05, 0) is 30.5 Å². The van der Waals surface area contributed by atoms with Gasteiger partial charge in [0.05, 0.1) is 17.4 Å². The van der Waals surface area contributed by atoms with Crippen LogP contribution in [0.3, 0.4) is 0 Å². The third kappa shape index (κ3) is 5.78. The fourth-order valence-electron chi connectivity index (χ4n) is 3.59. The van der Waals surface area contributed by atoms with Crippen LogP contribution in [0.5, 0.6) is 5.75 Å². The first-order chi connectivity index (χ1) is 15.1. The van der Waals surface area contributed by atoms with Crippen LogP contribution in [-0.4, -0.2) is 54.3 Å². The number of hydrogen-bond acceptors (Lipinski definition) is 5. The van der Waals surface area contributed by atoms with Gasteiger partial charge in [-0.2, -0.15) is 13.2 Å². The summed E-state index contributed by atoms with van der Waals surface area (Å²) in [7, 11) is -3.88. The molecule has 1 aliphatic rings. The van der Waals surface area contributed by atoms with Gasteiger partial charge < -0.3 is 4.74 Å². The van der Waals surface area contributed by atoms with Crippen LogP contribution >= 0.6 is 0 Å². The number of hydrogen-bond donors (Lipinski definition) is 1. The Morgan fingerprint density at radius 1 is 1.09 bits per heavy atom. The number of hydroxylamine groups is 2. The number of benzene rings is 2. The molecule has 1 amide bonds. The molecule has 1 unspecified atom stereocenters. The average Bonchev–Trinajstić information content (AvgIpc) is 2.77. The lowest BCUT2D eigenvalue weighted by atomic mass is 10.1. The van der Waals surface area contributed by atoms with Crippen molar-refractivity contribution in [2.24, 2.45) is 0 Å². The second-order valence-electron chi connectivity index (χ2n) is 7.40. The minimum absolute atomic E-state index is 0.0508. The number of amides is 1. The van der Waals surface area contributed by atoms with E-state index in [2.05, 4.69) is 0 Å². The molecule has 32 heavy (non-hydrogen) atoms. The Balaban J connectivity index is 1.66. The number of piperidine rings is 1. The molecule has 1 N–H and O–H groups in total. The summed E-state index contributed by atoms with van der Waals surface area (Å²) in [6.07, 6.45) is -4.57. The first kappa shape index (κ1) is 24.0. The number of rotatable bonds is 8. The van der Waals surface area contributed by atoms with Crippen LogP contribution in [0.2, 0.25) is 0 Å². The molecule has 1 atom stereocenters. The van der Waals surface area contributed by atoms with Crippen molar-refractivity contribution in [2.75, 3.05) is 18.8 Å². The monoisotopic (exact) mass is 472 g/mol.